The Hall–Kier alpha value is -2.82. The van der Waals surface area contributed by atoms with Crippen LogP contribution < -0.4 is 11.1 Å². The first-order valence-electron chi connectivity index (χ1n) is 7.03. The maximum atomic E-state index is 11.9. The topological polar surface area (TPSA) is 81.4 Å². The average Bonchev–Trinajstić information content (AvgIpc) is 2.52. The van der Waals surface area contributed by atoms with E-state index in [0.717, 1.165) is 12.8 Å². The van der Waals surface area contributed by atoms with Gasteiger partial charge in [-0.1, -0.05) is 30.3 Å². The molecule has 0 radical (unpaired) electrons. The molecule has 3 N–H and O–H groups in total. The number of nitrogens with two attached hydrogens (primary N) is 1. The van der Waals surface area contributed by atoms with Crippen LogP contribution in [0.1, 0.15) is 22.3 Å². The van der Waals surface area contributed by atoms with Crippen LogP contribution >= 0.6 is 0 Å². The van der Waals surface area contributed by atoms with E-state index < -0.39 is 6.03 Å². The van der Waals surface area contributed by atoms with Gasteiger partial charge in [-0.05, 0) is 42.7 Å². The van der Waals surface area contributed by atoms with Gasteiger partial charge in [0.2, 0.25) is 0 Å². The number of aryl methyl sites for hydroxylation is 1. The number of carbonyl (C=O) groups excluding carboxylic acids is 2. The number of ether oxygens (including phenoxy) is 1. The van der Waals surface area contributed by atoms with Gasteiger partial charge in [0, 0.05) is 5.69 Å². The minimum atomic E-state index is -0.642. The summed E-state index contributed by atoms with van der Waals surface area (Å²) in [7, 11) is 0. The van der Waals surface area contributed by atoms with Crippen molar-refractivity contribution in [1.29, 1.82) is 0 Å². The number of hydrogen-bond donors (Lipinski definition) is 2. The number of carbonyl (C=O) groups is 2. The van der Waals surface area contributed by atoms with Crippen LogP contribution in [0, 0.1) is 0 Å². The molecule has 2 amide bonds. The second-order valence-electron chi connectivity index (χ2n) is 4.79. The molecule has 0 spiro atoms. The molecular weight excluding hydrogens is 280 g/mol. The molecule has 0 aliphatic carbocycles. The summed E-state index contributed by atoms with van der Waals surface area (Å²) < 4.78 is 5.22. The van der Waals surface area contributed by atoms with Crippen molar-refractivity contribution < 1.29 is 14.3 Å². The van der Waals surface area contributed by atoms with E-state index in [1.54, 1.807) is 24.3 Å². The highest BCUT2D eigenvalue weighted by atomic mass is 16.5. The lowest BCUT2D eigenvalue weighted by Crippen LogP contribution is -2.19. The third-order valence-corrected chi connectivity index (χ3v) is 3.07. The van der Waals surface area contributed by atoms with Crippen LogP contribution in [0.15, 0.2) is 54.6 Å². The Kier molecular flexibility index (Phi) is 5.54. The second kappa shape index (κ2) is 7.83. The fraction of sp³-hybridized carbons (Fsp3) is 0.176. The summed E-state index contributed by atoms with van der Waals surface area (Å²) in [6.45, 7) is 0.370. The van der Waals surface area contributed by atoms with Crippen molar-refractivity contribution in [2.75, 3.05) is 11.9 Å². The van der Waals surface area contributed by atoms with Crippen LogP contribution in [0.5, 0.6) is 0 Å². The van der Waals surface area contributed by atoms with Crippen LogP contribution in [-0.4, -0.2) is 18.6 Å². The molecule has 0 aliphatic rings. The highest BCUT2D eigenvalue weighted by molar-refractivity contribution is 5.91. The first-order valence-corrected chi connectivity index (χ1v) is 7.03. The fourth-order valence-corrected chi connectivity index (χ4v) is 2.00. The van der Waals surface area contributed by atoms with Gasteiger partial charge in [0.05, 0.1) is 12.2 Å². The summed E-state index contributed by atoms with van der Waals surface area (Å²) in [5, 5.41) is 2.43. The molecule has 0 fully saturated rings. The predicted molar refractivity (Wildman–Crippen MR) is 84.7 cm³/mol. The van der Waals surface area contributed by atoms with E-state index in [1.807, 2.05) is 30.3 Å². The molecule has 0 atom stereocenters. The minimum absolute atomic E-state index is 0.370. The van der Waals surface area contributed by atoms with Gasteiger partial charge in [-0.25, -0.2) is 9.59 Å². The van der Waals surface area contributed by atoms with Crippen molar-refractivity contribution in [1.82, 2.24) is 0 Å². The summed E-state index contributed by atoms with van der Waals surface area (Å²) in [6, 6.07) is 15.8. The normalized spacial score (nSPS) is 10.0. The van der Waals surface area contributed by atoms with E-state index in [0.29, 0.717) is 17.9 Å². The lowest BCUT2D eigenvalue weighted by Gasteiger charge is -2.06. The standard InChI is InChI=1S/C17H18N2O3/c18-17(21)19-15-10-8-14(9-11-15)16(20)22-12-4-7-13-5-2-1-3-6-13/h1-3,5-6,8-11H,4,7,12H2,(H3,18,19,21). The Morgan fingerprint density at radius 1 is 1.00 bits per heavy atom. The van der Waals surface area contributed by atoms with Crippen molar-refractivity contribution >= 4 is 17.7 Å². The van der Waals surface area contributed by atoms with Crippen LogP contribution in [0.3, 0.4) is 0 Å². The zero-order valence-corrected chi connectivity index (χ0v) is 12.1. The molecular formula is C17H18N2O3. The van der Waals surface area contributed by atoms with Gasteiger partial charge in [0.15, 0.2) is 0 Å². The summed E-state index contributed by atoms with van der Waals surface area (Å²) in [5.41, 5.74) is 7.21. The van der Waals surface area contributed by atoms with Crippen molar-refractivity contribution in [3.8, 4) is 0 Å². The molecule has 0 aliphatic heterocycles. The Labute approximate surface area is 129 Å². The van der Waals surface area contributed by atoms with Crippen molar-refractivity contribution in [2.24, 2.45) is 5.73 Å². The Balaban J connectivity index is 1.76. The number of primary amides is 1. The Bertz CT molecular complexity index is 624. The summed E-state index contributed by atoms with van der Waals surface area (Å²) in [6.07, 6.45) is 1.65. The summed E-state index contributed by atoms with van der Waals surface area (Å²) in [5.74, 6) is -0.376. The van der Waals surface area contributed by atoms with Gasteiger partial charge < -0.3 is 15.8 Å². The maximum Gasteiger partial charge on any atom is 0.338 e. The number of urea groups is 1. The molecule has 5 nitrogen and oxygen atoms in total. The molecule has 2 rings (SSSR count). The zero-order valence-electron chi connectivity index (χ0n) is 12.1. The van der Waals surface area contributed by atoms with E-state index in [1.165, 1.54) is 5.56 Å². The fourth-order valence-electron chi connectivity index (χ4n) is 2.00. The molecule has 0 heterocycles. The highest BCUT2D eigenvalue weighted by Crippen LogP contribution is 2.11. The third-order valence-electron chi connectivity index (χ3n) is 3.07. The SMILES string of the molecule is NC(=O)Nc1ccc(C(=O)OCCCc2ccccc2)cc1. The molecule has 0 aromatic heterocycles. The molecule has 0 bridgehead atoms. The van der Waals surface area contributed by atoms with E-state index >= 15 is 0 Å². The quantitative estimate of drug-likeness (QED) is 0.635. The zero-order chi connectivity index (χ0) is 15.8. The smallest absolute Gasteiger partial charge is 0.338 e. The average molecular weight is 298 g/mol. The second-order valence-corrected chi connectivity index (χ2v) is 4.79. The highest BCUT2D eigenvalue weighted by Gasteiger charge is 2.07. The van der Waals surface area contributed by atoms with Crippen molar-refractivity contribution in [3.05, 3.63) is 65.7 Å². The number of esters is 1. The maximum absolute atomic E-state index is 11.9. The molecule has 0 saturated heterocycles. The number of amides is 2. The van der Waals surface area contributed by atoms with Gasteiger partial charge >= 0.3 is 12.0 Å². The molecule has 114 valence electrons. The van der Waals surface area contributed by atoms with Crippen LogP contribution in [0.2, 0.25) is 0 Å². The Morgan fingerprint density at radius 2 is 1.68 bits per heavy atom. The molecule has 22 heavy (non-hydrogen) atoms. The third kappa shape index (κ3) is 4.94. The molecule has 0 saturated carbocycles. The molecule has 5 heteroatoms. The van der Waals surface area contributed by atoms with Crippen LogP contribution in [-0.2, 0) is 11.2 Å². The number of hydrogen-bond acceptors (Lipinski definition) is 3. The lowest BCUT2D eigenvalue weighted by atomic mass is 10.1. The van der Waals surface area contributed by atoms with Gasteiger partial charge in [0.25, 0.3) is 0 Å². The number of rotatable bonds is 6. The first kappa shape index (κ1) is 15.6. The molecule has 2 aromatic rings. The molecule has 0 unspecified atom stereocenters. The number of nitrogens with one attached hydrogen (secondary N) is 1. The van der Waals surface area contributed by atoms with Crippen molar-refractivity contribution in [3.63, 3.8) is 0 Å². The minimum Gasteiger partial charge on any atom is -0.462 e. The summed E-state index contributed by atoms with van der Waals surface area (Å²) >= 11 is 0. The van der Waals surface area contributed by atoms with Gasteiger partial charge in [-0.2, -0.15) is 0 Å². The van der Waals surface area contributed by atoms with E-state index in [2.05, 4.69) is 5.32 Å². The lowest BCUT2D eigenvalue weighted by molar-refractivity contribution is 0.0500. The van der Waals surface area contributed by atoms with E-state index in [4.69, 9.17) is 10.5 Å². The van der Waals surface area contributed by atoms with Crippen LogP contribution in [0.4, 0.5) is 10.5 Å². The molecule has 2 aromatic carbocycles. The first-order chi connectivity index (χ1) is 10.6. The number of benzene rings is 2. The van der Waals surface area contributed by atoms with Gasteiger partial charge in [-0.3, -0.25) is 0 Å². The van der Waals surface area contributed by atoms with Gasteiger partial charge in [-0.15, -0.1) is 0 Å². The van der Waals surface area contributed by atoms with E-state index in [-0.39, 0.29) is 5.97 Å². The monoisotopic (exact) mass is 298 g/mol. The summed E-state index contributed by atoms with van der Waals surface area (Å²) in [4.78, 5) is 22.6. The van der Waals surface area contributed by atoms with Crippen molar-refractivity contribution in [2.45, 2.75) is 12.8 Å². The number of anilines is 1. The van der Waals surface area contributed by atoms with Crippen LogP contribution in [0.25, 0.3) is 0 Å². The largest absolute Gasteiger partial charge is 0.462 e. The predicted octanol–water partition coefficient (Wildman–Crippen LogP) is 2.97. The Morgan fingerprint density at radius 3 is 2.32 bits per heavy atom. The van der Waals surface area contributed by atoms with Gasteiger partial charge in [0.1, 0.15) is 0 Å². The van der Waals surface area contributed by atoms with E-state index in [9.17, 15) is 9.59 Å².